The summed E-state index contributed by atoms with van der Waals surface area (Å²) >= 11 is 16.2. The lowest BCUT2D eigenvalue weighted by molar-refractivity contribution is -0.122. The van der Waals surface area contributed by atoms with Gasteiger partial charge in [-0.05, 0) is 48.7 Å². The Balaban J connectivity index is 1.69. The summed E-state index contributed by atoms with van der Waals surface area (Å²) in [7, 11) is 0. The van der Waals surface area contributed by atoms with Crippen LogP contribution in [0.25, 0.3) is 22.4 Å². The molecule has 1 unspecified atom stereocenters. The second-order valence-corrected chi connectivity index (χ2v) is 11.3. The van der Waals surface area contributed by atoms with E-state index in [2.05, 4.69) is 21.2 Å². The summed E-state index contributed by atoms with van der Waals surface area (Å²) in [5, 5.41) is 4.09. The zero-order valence-corrected chi connectivity index (χ0v) is 22.5. The number of hydrogen-bond acceptors (Lipinski definition) is 3. The first-order valence-corrected chi connectivity index (χ1v) is 13.2. The van der Waals surface area contributed by atoms with Gasteiger partial charge in [-0.1, -0.05) is 57.3 Å². The molecule has 9 heteroatoms. The Kier molecular flexibility index (Phi) is 6.77. The third-order valence-corrected chi connectivity index (χ3v) is 7.95. The number of ether oxygens (including phenoxy) is 1. The molecule has 0 bridgehead atoms. The van der Waals surface area contributed by atoms with Gasteiger partial charge in [0.2, 0.25) is 17.7 Å². The molecule has 1 aliphatic carbocycles. The lowest BCUT2D eigenvalue weighted by Crippen LogP contribution is -2.49. The predicted octanol–water partition coefficient (Wildman–Crippen LogP) is 8.39. The number of carbonyl (C=O) groups is 1. The summed E-state index contributed by atoms with van der Waals surface area (Å²) in [4.78, 5) is 17.0. The molecule has 5 rings (SSSR count). The van der Waals surface area contributed by atoms with Gasteiger partial charge < -0.3 is 10.1 Å². The van der Waals surface area contributed by atoms with Crippen LogP contribution in [-0.2, 0) is 4.79 Å². The van der Waals surface area contributed by atoms with Crippen LogP contribution in [-0.4, -0.2) is 22.4 Å². The number of pyridine rings is 1. The van der Waals surface area contributed by atoms with Crippen molar-refractivity contribution in [2.45, 2.75) is 56.6 Å². The molecule has 1 atom stereocenters. The Morgan fingerprint density at radius 3 is 2.39 bits per heavy atom. The maximum absolute atomic E-state index is 14.0. The fourth-order valence-electron chi connectivity index (χ4n) is 5.06. The van der Waals surface area contributed by atoms with Crippen LogP contribution in [0.2, 0.25) is 10.0 Å². The van der Waals surface area contributed by atoms with Crippen LogP contribution in [0, 0.1) is 0 Å². The molecular formula is C27H23BrCl2F2N2O2. The van der Waals surface area contributed by atoms with Crippen LogP contribution < -0.4 is 10.1 Å². The summed E-state index contributed by atoms with van der Waals surface area (Å²) in [6.45, 7) is 1.44. The molecule has 0 saturated heterocycles. The second-order valence-electron chi connectivity index (χ2n) is 9.51. The summed E-state index contributed by atoms with van der Waals surface area (Å²) in [5.74, 6) is -2.59. The van der Waals surface area contributed by atoms with E-state index in [4.69, 9.17) is 32.9 Å². The number of hydrogen-bond donors (Lipinski definition) is 1. The molecule has 2 aliphatic rings. The minimum absolute atomic E-state index is 0.185. The summed E-state index contributed by atoms with van der Waals surface area (Å²) < 4.78 is 35.3. The van der Waals surface area contributed by atoms with Crippen LogP contribution >= 0.6 is 39.1 Å². The Hall–Kier alpha value is -2.22. The number of aromatic nitrogens is 1. The highest BCUT2D eigenvalue weighted by atomic mass is 79.9. The maximum Gasteiger partial charge on any atom is 0.248 e. The second kappa shape index (κ2) is 9.58. The van der Waals surface area contributed by atoms with Gasteiger partial charge in [-0.25, -0.2) is 13.8 Å². The van der Waals surface area contributed by atoms with Crippen molar-refractivity contribution < 1.29 is 18.3 Å². The Morgan fingerprint density at radius 2 is 1.75 bits per heavy atom. The van der Waals surface area contributed by atoms with Crippen LogP contribution in [0.1, 0.15) is 50.6 Å². The van der Waals surface area contributed by atoms with Gasteiger partial charge >= 0.3 is 0 Å². The first-order chi connectivity index (χ1) is 17.0. The Labute approximate surface area is 226 Å². The van der Waals surface area contributed by atoms with E-state index in [0.29, 0.717) is 39.2 Å². The number of amides is 1. The predicted molar refractivity (Wildman–Crippen MR) is 141 cm³/mol. The van der Waals surface area contributed by atoms with Crippen molar-refractivity contribution in [1.82, 2.24) is 10.3 Å². The molecule has 1 spiro atoms. The van der Waals surface area contributed by atoms with Gasteiger partial charge in [-0.2, -0.15) is 0 Å². The van der Waals surface area contributed by atoms with E-state index in [1.807, 2.05) is 30.3 Å². The largest absolute Gasteiger partial charge is 0.471 e. The molecule has 0 radical (unpaired) electrons. The third kappa shape index (κ3) is 5.11. The topological polar surface area (TPSA) is 51.2 Å². The van der Waals surface area contributed by atoms with Gasteiger partial charge in [0.05, 0.1) is 16.8 Å². The molecule has 188 valence electrons. The third-order valence-electron chi connectivity index (χ3n) is 6.89. The minimum Gasteiger partial charge on any atom is -0.471 e. The van der Waals surface area contributed by atoms with Crippen molar-refractivity contribution in [1.29, 1.82) is 0 Å². The molecule has 1 saturated carbocycles. The molecular weight excluding hydrogens is 573 g/mol. The molecule has 2 heterocycles. The average Bonchev–Trinajstić information content (AvgIpc) is 2.81. The van der Waals surface area contributed by atoms with Gasteiger partial charge in [-0.3, -0.25) is 4.79 Å². The fraction of sp³-hybridized carbons (Fsp3) is 0.333. The average molecular weight is 596 g/mol. The standard InChI is InChI=1S/C27H23BrCl2F2N2O2/c1-15(35)33-23-14-26(8-10-27(31,32)11-9-26)36-25-21(23)13-20(16-2-5-18(29)6-3-16)24(34-25)19-7-4-17(28)12-22(19)30/h2-7,12-13,23H,8-11,14H2,1H3,(H,33,35). The van der Waals surface area contributed by atoms with Crippen LogP contribution in [0.5, 0.6) is 5.88 Å². The highest BCUT2D eigenvalue weighted by Crippen LogP contribution is 2.50. The van der Waals surface area contributed by atoms with Crippen molar-refractivity contribution >= 4 is 45.0 Å². The van der Waals surface area contributed by atoms with Crippen molar-refractivity contribution in [3.05, 3.63) is 68.6 Å². The van der Waals surface area contributed by atoms with Crippen molar-refractivity contribution in [3.63, 3.8) is 0 Å². The fourth-order valence-corrected chi connectivity index (χ4v) is 5.95. The molecule has 1 N–H and O–H groups in total. The molecule has 2 aromatic carbocycles. The van der Waals surface area contributed by atoms with E-state index >= 15 is 0 Å². The highest BCUT2D eigenvalue weighted by molar-refractivity contribution is 9.10. The number of halogens is 5. The normalized spacial score (nSPS) is 19.9. The quantitative estimate of drug-likeness (QED) is 0.331. The SMILES string of the molecule is CC(=O)NC1CC2(CCC(F)(F)CC2)Oc2nc(-c3ccc(Br)cc3Cl)c(-c3ccc(Cl)cc3)cc21. The number of fused-ring (bicyclic) bond motifs is 1. The first kappa shape index (κ1) is 25.4. The lowest BCUT2D eigenvalue weighted by atomic mass is 9.76. The number of alkyl halides is 2. The van der Waals surface area contributed by atoms with E-state index in [-0.39, 0.29) is 31.6 Å². The van der Waals surface area contributed by atoms with Gasteiger partial charge in [0, 0.05) is 52.4 Å². The van der Waals surface area contributed by atoms with Crippen LogP contribution in [0.4, 0.5) is 8.78 Å². The van der Waals surface area contributed by atoms with Crippen LogP contribution in [0.3, 0.4) is 0 Å². The van der Waals surface area contributed by atoms with E-state index < -0.39 is 17.6 Å². The van der Waals surface area contributed by atoms with E-state index in [0.717, 1.165) is 15.6 Å². The molecule has 3 aromatic rings. The number of benzene rings is 2. The van der Waals surface area contributed by atoms with E-state index in [1.54, 1.807) is 18.2 Å². The first-order valence-electron chi connectivity index (χ1n) is 11.6. The number of rotatable bonds is 3. The van der Waals surface area contributed by atoms with E-state index in [1.165, 1.54) is 6.92 Å². The Morgan fingerprint density at radius 1 is 1.06 bits per heavy atom. The molecule has 36 heavy (non-hydrogen) atoms. The van der Waals surface area contributed by atoms with Gasteiger partial charge in [-0.15, -0.1) is 0 Å². The summed E-state index contributed by atoms with van der Waals surface area (Å²) in [5.41, 5.74) is 2.82. The molecule has 1 fully saturated rings. The van der Waals surface area contributed by atoms with Crippen LogP contribution in [0.15, 0.2) is 53.0 Å². The molecule has 1 amide bonds. The highest BCUT2D eigenvalue weighted by Gasteiger charge is 2.49. The zero-order valence-electron chi connectivity index (χ0n) is 19.4. The van der Waals surface area contributed by atoms with Gasteiger partial charge in [0.25, 0.3) is 0 Å². The monoisotopic (exact) mass is 594 g/mol. The van der Waals surface area contributed by atoms with Crippen molar-refractivity contribution in [2.75, 3.05) is 0 Å². The smallest absolute Gasteiger partial charge is 0.248 e. The van der Waals surface area contributed by atoms with Crippen molar-refractivity contribution in [3.8, 4) is 28.3 Å². The summed E-state index contributed by atoms with van der Waals surface area (Å²) in [6.07, 6.45) is 0.248. The molecule has 1 aliphatic heterocycles. The Bertz CT molecular complexity index is 1320. The maximum atomic E-state index is 14.0. The van der Waals surface area contributed by atoms with Gasteiger partial charge in [0.15, 0.2) is 0 Å². The minimum atomic E-state index is -2.71. The number of carbonyl (C=O) groups excluding carboxylic acids is 1. The number of nitrogens with one attached hydrogen (secondary N) is 1. The lowest BCUT2D eigenvalue weighted by Gasteiger charge is -2.45. The van der Waals surface area contributed by atoms with Crippen molar-refractivity contribution in [2.24, 2.45) is 0 Å². The molecule has 1 aromatic heterocycles. The zero-order chi connectivity index (χ0) is 25.7. The number of nitrogens with zero attached hydrogens (tertiary/aromatic N) is 1. The molecule has 4 nitrogen and oxygen atoms in total. The summed E-state index contributed by atoms with van der Waals surface area (Å²) in [6, 6.07) is 14.4. The van der Waals surface area contributed by atoms with E-state index in [9.17, 15) is 13.6 Å². The van der Waals surface area contributed by atoms with Gasteiger partial charge in [0.1, 0.15) is 5.60 Å².